The Morgan fingerprint density at radius 1 is 1.11 bits per heavy atom. The number of ether oxygens (including phenoxy) is 1. The van der Waals surface area contributed by atoms with Crippen LogP contribution >= 0.6 is 0 Å². The molecule has 108 valence electrons. The van der Waals surface area contributed by atoms with Gasteiger partial charge in [-0.3, -0.25) is 4.79 Å². The van der Waals surface area contributed by atoms with Gasteiger partial charge in [-0.25, -0.2) is 4.79 Å². The summed E-state index contributed by atoms with van der Waals surface area (Å²) in [5, 5.41) is 9.06. The van der Waals surface area contributed by atoms with Crippen LogP contribution in [0.5, 0.6) is 0 Å². The first-order valence-corrected chi connectivity index (χ1v) is 6.89. The number of carbonyl (C=O) groups is 2. The molecule has 1 N–H and O–H groups in total. The van der Waals surface area contributed by atoms with Crippen LogP contribution in [0.15, 0.2) is 0 Å². The van der Waals surface area contributed by atoms with E-state index in [-0.39, 0.29) is 18.2 Å². The minimum atomic E-state index is -0.804. The van der Waals surface area contributed by atoms with Crippen molar-refractivity contribution in [2.75, 3.05) is 26.2 Å². The van der Waals surface area contributed by atoms with Gasteiger partial charge in [0.1, 0.15) is 0 Å². The molecule has 0 unspecified atom stereocenters. The maximum atomic E-state index is 12.4. The zero-order chi connectivity index (χ0) is 14.0. The molecule has 0 radical (unpaired) electrons. The molecule has 2 aliphatic rings. The molecule has 19 heavy (non-hydrogen) atoms. The molecule has 6 nitrogen and oxygen atoms in total. The summed E-state index contributed by atoms with van der Waals surface area (Å²) < 4.78 is 5.61. The fraction of sp³-hybridized carbons (Fsp3) is 0.846. The molecule has 0 saturated carbocycles. The van der Waals surface area contributed by atoms with Crippen molar-refractivity contribution in [3.05, 3.63) is 0 Å². The smallest absolute Gasteiger partial charge is 0.320 e. The van der Waals surface area contributed by atoms with Crippen LogP contribution in [0.3, 0.4) is 0 Å². The van der Waals surface area contributed by atoms with Gasteiger partial charge in [0.15, 0.2) is 0 Å². The maximum Gasteiger partial charge on any atom is 0.320 e. The summed E-state index contributed by atoms with van der Waals surface area (Å²) in [6, 6.07) is -0.0482. The topological polar surface area (TPSA) is 70.1 Å². The number of amides is 2. The minimum Gasteiger partial charge on any atom is -0.481 e. The Morgan fingerprint density at radius 3 is 2.32 bits per heavy atom. The van der Waals surface area contributed by atoms with Gasteiger partial charge < -0.3 is 19.6 Å². The van der Waals surface area contributed by atoms with Crippen molar-refractivity contribution in [3.63, 3.8) is 0 Å². The number of hydrogen-bond acceptors (Lipinski definition) is 3. The monoisotopic (exact) mass is 270 g/mol. The van der Waals surface area contributed by atoms with Crippen molar-refractivity contribution < 1.29 is 19.4 Å². The lowest BCUT2D eigenvalue weighted by Gasteiger charge is -2.40. The lowest BCUT2D eigenvalue weighted by molar-refractivity contribution is -0.143. The zero-order valence-electron chi connectivity index (χ0n) is 11.5. The third kappa shape index (κ3) is 3.37. The summed E-state index contributed by atoms with van der Waals surface area (Å²) in [6.45, 7) is 6.05. The average Bonchev–Trinajstić information content (AvgIpc) is 2.37. The van der Waals surface area contributed by atoms with Crippen LogP contribution in [0.1, 0.15) is 26.7 Å². The van der Waals surface area contributed by atoms with Crippen LogP contribution in [0, 0.1) is 5.92 Å². The molecule has 0 spiro atoms. The van der Waals surface area contributed by atoms with Crippen LogP contribution < -0.4 is 0 Å². The third-order valence-corrected chi connectivity index (χ3v) is 3.73. The molecule has 2 amide bonds. The van der Waals surface area contributed by atoms with Gasteiger partial charge in [-0.05, 0) is 26.7 Å². The van der Waals surface area contributed by atoms with E-state index in [1.807, 2.05) is 13.8 Å². The van der Waals surface area contributed by atoms with Crippen molar-refractivity contribution in [1.82, 2.24) is 9.80 Å². The van der Waals surface area contributed by atoms with Crippen LogP contribution in [-0.2, 0) is 9.53 Å². The number of piperidine rings is 1. The molecule has 2 aliphatic heterocycles. The summed E-state index contributed by atoms with van der Waals surface area (Å²) in [5.74, 6) is -1.23. The number of carboxylic acid groups (broad SMARTS) is 1. The Morgan fingerprint density at radius 2 is 1.74 bits per heavy atom. The van der Waals surface area contributed by atoms with E-state index in [4.69, 9.17) is 9.84 Å². The molecule has 2 fully saturated rings. The number of aliphatic carboxylic acids is 1. The summed E-state index contributed by atoms with van der Waals surface area (Å²) in [7, 11) is 0. The number of morpholine rings is 1. The number of likely N-dealkylation sites (tertiary alicyclic amines) is 1. The first kappa shape index (κ1) is 14.1. The number of hydrogen-bond donors (Lipinski definition) is 1. The van der Waals surface area contributed by atoms with E-state index in [0.29, 0.717) is 32.6 Å². The summed E-state index contributed by atoms with van der Waals surface area (Å²) >= 11 is 0. The molecular weight excluding hydrogens is 248 g/mol. The lowest BCUT2D eigenvalue weighted by atomic mass is 9.98. The second-order valence-electron chi connectivity index (χ2n) is 5.57. The van der Waals surface area contributed by atoms with Gasteiger partial charge in [-0.15, -0.1) is 0 Å². The van der Waals surface area contributed by atoms with E-state index in [9.17, 15) is 9.59 Å². The van der Waals surface area contributed by atoms with Crippen molar-refractivity contribution in [2.45, 2.75) is 38.9 Å². The number of nitrogens with zero attached hydrogens (tertiary/aromatic N) is 2. The maximum absolute atomic E-state index is 12.4. The Bertz CT molecular complexity index is 351. The van der Waals surface area contributed by atoms with Crippen molar-refractivity contribution in [3.8, 4) is 0 Å². The van der Waals surface area contributed by atoms with Crippen molar-refractivity contribution in [1.29, 1.82) is 0 Å². The number of rotatable bonds is 1. The van der Waals surface area contributed by atoms with E-state index in [1.165, 1.54) is 0 Å². The van der Waals surface area contributed by atoms with E-state index in [0.717, 1.165) is 6.42 Å². The number of carbonyl (C=O) groups excluding carboxylic acids is 1. The Labute approximate surface area is 113 Å². The number of carboxylic acids is 1. The van der Waals surface area contributed by atoms with E-state index in [1.54, 1.807) is 9.80 Å². The summed E-state index contributed by atoms with van der Waals surface area (Å²) in [5.41, 5.74) is 0. The van der Waals surface area contributed by atoms with Gasteiger partial charge >= 0.3 is 12.0 Å². The average molecular weight is 270 g/mol. The highest BCUT2D eigenvalue weighted by molar-refractivity contribution is 5.76. The first-order valence-electron chi connectivity index (χ1n) is 6.89. The number of urea groups is 1. The van der Waals surface area contributed by atoms with Crippen LogP contribution in [0.2, 0.25) is 0 Å². The molecule has 2 rings (SSSR count). The van der Waals surface area contributed by atoms with Gasteiger partial charge in [-0.1, -0.05) is 0 Å². The van der Waals surface area contributed by atoms with Gasteiger partial charge in [0.2, 0.25) is 0 Å². The first-order chi connectivity index (χ1) is 8.97. The van der Waals surface area contributed by atoms with E-state index in [2.05, 4.69) is 0 Å². The quantitative estimate of drug-likeness (QED) is 0.772. The Kier molecular flexibility index (Phi) is 4.29. The molecule has 6 heteroatoms. The predicted octanol–water partition coefficient (Wildman–Crippen LogP) is 1.01. The molecule has 0 bridgehead atoms. The minimum absolute atomic E-state index is 0.0350. The molecular formula is C13H22N2O4. The molecule has 0 aliphatic carbocycles. The normalized spacial score (nSPS) is 32.2. The van der Waals surface area contributed by atoms with E-state index >= 15 is 0 Å². The van der Waals surface area contributed by atoms with Crippen LogP contribution in [0.25, 0.3) is 0 Å². The van der Waals surface area contributed by atoms with Gasteiger partial charge in [0.05, 0.1) is 18.1 Å². The fourth-order valence-electron chi connectivity index (χ4n) is 2.89. The van der Waals surface area contributed by atoms with Crippen molar-refractivity contribution in [2.24, 2.45) is 5.92 Å². The largest absolute Gasteiger partial charge is 0.481 e. The third-order valence-electron chi connectivity index (χ3n) is 3.73. The predicted molar refractivity (Wildman–Crippen MR) is 68.9 cm³/mol. The molecule has 0 aromatic heterocycles. The molecule has 0 aromatic rings. The second kappa shape index (κ2) is 5.77. The fourth-order valence-corrected chi connectivity index (χ4v) is 2.89. The summed E-state index contributed by atoms with van der Waals surface area (Å²) in [4.78, 5) is 26.9. The second-order valence-corrected chi connectivity index (χ2v) is 5.57. The lowest BCUT2D eigenvalue weighted by Crippen LogP contribution is -2.55. The zero-order valence-corrected chi connectivity index (χ0v) is 11.5. The summed E-state index contributed by atoms with van der Waals surface area (Å²) in [6.07, 6.45) is 1.49. The van der Waals surface area contributed by atoms with Gasteiger partial charge in [-0.2, -0.15) is 0 Å². The molecule has 2 heterocycles. The van der Waals surface area contributed by atoms with Crippen LogP contribution in [0.4, 0.5) is 4.79 Å². The highest BCUT2D eigenvalue weighted by atomic mass is 16.5. The standard InChI is InChI=1S/C13H22N2O4/c1-9-6-15(7-10(2)19-9)13(18)14-5-3-4-11(8-14)12(16)17/h9-11H,3-8H2,1-2H3,(H,16,17)/t9-,10+,11-/m0/s1. The van der Waals surface area contributed by atoms with E-state index < -0.39 is 11.9 Å². The van der Waals surface area contributed by atoms with Crippen molar-refractivity contribution >= 4 is 12.0 Å². The molecule has 2 saturated heterocycles. The highest BCUT2D eigenvalue weighted by Crippen LogP contribution is 2.20. The van der Waals surface area contributed by atoms with Gasteiger partial charge in [0.25, 0.3) is 0 Å². The highest BCUT2D eigenvalue weighted by Gasteiger charge is 2.33. The molecule has 0 aromatic carbocycles. The molecule has 3 atom stereocenters. The Balaban J connectivity index is 1.96. The van der Waals surface area contributed by atoms with Gasteiger partial charge in [0, 0.05) is 26.2 Å². The Hall–Kier alpha value is -1.30. The SMILES string of the molecule is C[C@@H]1CN(C(=O)N2CCC[C@H](C(=O)O)C2)C[C@H](C)O1. The van der Waals surface area contributed by atoms with Crippen LogP contribution in [-0.4, -0.2) is 65.3 Å².